The highest BCUT2D eigenvalue weighted by Gasteiger charge is 2.31. The number of rotatable bonds is 5. The monoisotopic (exact) mass is 310 g/mol. The third kappa shape index (κ3) is 3.96. The van der Waals surface area contributed by atoms with E-state index in [0.717, 1.165) is 5.56 Å². The minimum atomic E-state index is -0.943. The van der Waals surface area contributed by atoms with E-state index in [0.29, 0.717) is 23.6 Å². The highest BCUT2D eigenvalue weighted by Crippen LogP contribution is 2.32. The summed E-state index contributed by atoms with van der Waals surface area (Å²) in [6.07, 6.45) is -0.440. The van der Waals surface area contributed by atoms with Gasteiger partial charge in [0.15, 0.2) is 0 Å². The van der Waals surface area contributed by atoms with Crippen molar-refractivity contribution in [3.8, 4) is 11.5 Å². The molecular weight excluding hydrogens is 284 g/mol. The first-order valence-corrected chi connectivity index (χ1v) is 7.14. The minimum Gasteiger partial charge on any atom is -0.496 e. The minimum absolute atomic E-state index is 0.222. The Bertz CT molecular complexity index is 538. The predicted octanol–water partition coefficient (Wildman–Crippen LogP) is 3.00. The van der Waals surface area contributed by atoms with Gasteiger partial charge in [0.2, 0.25) is 0 Å². The van der Waals surface area contributed by atoms with Crippen LogP contribution in [-0.4, -0.2) is 41.9 Å². The van der Waals surface area contributed by atoms with E-state index in [2.05, 4.69) is 0 Å². The standard InChI is InChI=1S/C16H26N2O4/c1-10(18(15(19)20)16(2,3)4)7-11-8-14(22-6)12(17)9-13(11)21-5/h8-10H,7,17H2,1-6H3,(H,19,20). The highest BCUT2D eigenvalue weighted by atomic mass is 16.5. The van der Waals surface area contributed by atoms with Crippen molar-refractivity contribution in [3.63, 3.8) is 0 Å². The van der Waals surface area contributed by atoms with Crippen molar-refractivity contribution in [2.75, 3.05) is 20.0 Å². The summed E-state index contributed by atoms with van der Waals surface area (Å²) in [6, 6.07) is 3.27. The number of carboxylic acid groups (broad SMARTS) is 1. The number of benzene rings is 1. The first-order chi connectivity index (χ1) is 10.1. The molecule has 124 valence electrons. The second-order valence-corrected chi connectivity index (χ2v) is 6.28. The fraction of sp³-hybridized carbons (Fsp3) is 0.562. The second-order valence-electron chi connectivity index (χ2n) is 6.28. The zero-order valence-corrected chi connectivity index (χ0v) is 14.1. The van der Waals surface area contributed by atoms with Crippen molar-refractivity contribution >= 4 is 11.8 Å². The van der Waals surface area contributed by atoms with Gasteiger partial charge in [-0.3, -0.25) is 0 Å². The fourth-order valence-electron chi connectivity index (χ4n) is 2.69. The third-order valence-electron chi connectivity index (χ3n) is 3.52. The summed E-state index contributed by atoms with van der Waals surface area (Å²) in [5.74, 6) is 1.19. The van der Waals surface area contributed by atoms with Crippen LogP contribution in [0.25, 0.3) is 0 Å². The van der Waals surface area contributed by atoms with E-state index in [-0.39, 0.29) is 6.04 Å². The molecule has 0 saturated carbocycles. The largest absolute Gasteiger partial charge is 0.496 e. The summed E-state index contributed by atoms with van der Waals surface area (Å²) in [5.41, 5.74) is 6.73. The van der Waals surface area contributed by atoms with Gasteiger partial charge in [-0.25, -0.2) is 4.79 Å². The number of nitrogen functional groups attached to an aromatic ring is 1. The molecule has 6 nitrogen and oxygen atoms in total. The maximum absolute atomic E-state index is 11.6. The van der Waals surface area contributed by atoms with Gasteiger partial charge < -0.3 is 25.2 Å². The summed E-state index contributed by atoms with van der Waals surface area (Å²) in [5, 5.41) is 9.48. The van der Waals surface area contributed by atoms with Gasteiger partial charge >= 0.3 is 6.09 Å². The molecular formula is C16H26N2O4. The SMILES string of the molecule is COc1cc(CC(C)N(C(=O)O)C(C)(C)C)c(OC)cc1N. The van der Waals surface area contributed by atoms with E-state index < -0.39 is 11.6 Å². The quantitative estimate of drug-likeness (QED) is 0.817. The molecule has 22 heavy (non-hydrogen) atoms. The van der Waals surface area contributed by atoms with Crippen molar-refractivity contribution in [1.29, 1.82) is 0 Å². The van der Waals surface area contributed by atoms with Gasteiger partial charge in [0.25, 0.3) is 0 Å². The van der Waals surface area contributed by atoms with E-state index in [1.54, 1.807) is 26.4 Å². The Hall–Kier alpha value is -2.11. The molecule has 6 heteroatoms. The highest BCUT2D eigenvalue weighted by molar-refractivity contribution is 5.66. The Morgan fingerprint density at radius 3 is 2.23 bits per heavy atom. The molecule has 0 aliphatic carbocycles. The number of hydrogen-bond acceptors (Lipinski definition) is 4. The van der Waals surface area contributed by atoms with Crippen LogP contribution in [0.5, 0.6) is 11.5 Å². The van der Waals surface area contributed by atoms with Crippen LogP contribution in [0.1, 0.15) is 33.3 Å². The summed E-state index contributed by atoms with van der Waals surface area (Å²) in [7, 11) is 3.11. The number of nitrogens with two attached hydrogens (primary N) is 1. The van der Waals surface area contributed by atoms with Crippen molar-refractivity contribution < 1.29 is 19.4 Å². The molecule has 1 aromatic carbocycles. The Labute approximate surface area is 131 Å². The number of hydrogen-bond donors (Lipinski definition) is 2. The summed E-state index contributed by atoms with van der Waals surface area (Å²) >= 11 is 0. The molecule has 0 aliphatic rings. The average Bonchev–Trinajstić information content (AvgIpc) is 2.37. The Kier molecular flexibility index (Phi) is 5.52. The maximum Gasteiger partial charge on any atom is 0.407 e. The van der Waals surface area contributed by atoms with Crippen LogP contribution in [-0.2, 0) is 6.42 Å². The lowest BCUT2D eigenvalue weighted by molar-refractivity contribution is 0.0753. The number of anilines is 1. The van der Waals surface area contributed by atoms with Crippen LogP contribution in [0.2, 0.25) is 0 Å². The Balaban J connectivity index is 3.14. The van der Waals surface area contributed by atoms with Gasteiger partial charge in [0.05, 0.1) is 19.9 Å². The molecule has 0 fully saturated rings. The molecule has 0 spiro atoms. The van der Waals surface area contributed by atoms with Gasteiger partial charge in [-0.05, 0) is 45.7 Å². The maximum atomic E-state index is 11.6. The fourth-order valence-corrected chi connectivity index (χ4v) is 2.69. The number of carbonyl (C=O) groups is 1. The molecule has 0 aliphatic heterocycles. The Morgan fingerprint density at radius 1 is 1.27 bits per heavy atom. The number of methoxy groups -OCH3 is 2. The molecule has 0 aromatic heterocycles. The first kappa shape index (κ1) is 17.9. The molecule has 1 amide bonds. The lowest BCUT2D eigenvalue weighted by Gasteiger charge is -2.38. The second kappa shape index (κ2) is 6.77. The molecule has 1 rings (SSSR count). The Morgan fingerprint density at radius 2 is 1.82 bits per heavy atom. The van der Waals surface area contributed by atoms with Gasteiger partial charge in [-0.1, -0.05) is 0 Å². The van der Waals surface area contributed by atoms with E-state index in [1.165, 1.54) is 4.90 Å². The topological polar surface area (TPSA) is 85.0 Å². The van der Waals surface area contributed by atoms with Crippen LogP contribution in [0.15, 0.2) is 12.1 Å². The van der Waals surface area contributed by atoms with Gasteiger partial charge in [0.1, 0.15) is 11.5 Å². The van der Waals surface area contributed by atoms with Gasteiger partial charge in [-0.2, -0.15) is 0 Å². The molecule has 0 heterocycles. The summed E-state index contributed by atoms with van der Waals surface area (Å²) in [4.78, 5) is 13.0. The lowest BCUT2D eigenvalue weighted by atomic mass is 9.98. The van der Waals surface area contributed by atoms with Crippen LogP contribution in [0.4, 0.5) is 10.5 Å². The molecule has 0 radical (unpaired) electrons. The first-order valence-electron chi connectivity index (χ1n) is 7.14. The van der Waals surface area contributed by atoms with Crippen molar-refractivity contribution in [1.82, 2.24) is 4.90 Å². The molecule has 1 atom stereocenters. The predicted molar refractivity (Wildman–Crippen MR) is 86.7 cm³/mol. The number of nitrogens with zero attached hydrogens (tertiary/aromatic N) is 1. The summed E-state index contributed by atoms with van der Waals surface area (Å²) in [6.45, 7) is 7.50. The third-order valence-corrected chi connectivity index (χ3v) is 3.52. The number of amides is 1. The molecule has 3 N–H and O–H groups in total. The van der Waals surface area contributed by atoms with E-state index >= 15 is 0 Å². The van der Waals surface area contributed by atoms with Gasteiger partial charge in [0, 0.05) is 17.6 Å². The molecule has 1 unspecified atom stereocenters. The van der Waals surface area contributed by atoms with Crippen molar-refractivity contribution in [2.24, 2.45) is 0 Å². The average molecular weight is 310 g/mol. The number of ether oxygens (including phenoxy) is 2. The summed E-state index contributed by atoms with van der Waals surface area (Å²) < 4.78 is 10.6. The van der Waals surface area contributed by atoms with Crippen LogP contribution in [0, 0.1) is 0 Å². The molecule has 0 bridgehead atoms. The normalized spacial score (nSPS) is 12.6. The van der Waals surface area contributed by atoms with E-state index in [1.807, 2.05) is 27.7 Å². The molecule has 0 saturated heterocycles. The van der Waals surface area contributed by atoms with Crippen molar-refractivity contribution in [2.45, 2.75) is 45.7 Å². The van der Waals surface area contributed by atoms with Crippen LogP contribution >= 0.6 is 0 Å². The molecule has 1 aromatic rings. The zero-order chi connectivity index (χ0) is 17.1. The van der Waals surface area contributed by atoms with Crippen LogP contribution in [0.3, 0.4) is 0 Å². The smallest absolute Gasteiger partial charge is 0.407 e. The lowest BCUT2D eigenvalue weighted by Crippen LogP contribution is -2.50. The van der Waals surface area contributed by atoms with E-state index in [4.69, 9.17) is 15.2 Å². The zero-order valence-electron chi connectivity index (χ0n) is 14.1. The van der Waals surface area contributed by atoms with Crippen molar-refractivity contribution in [3.05, 3.63) is 17.7 Å². The van der Waals surface area contributed by atoms with Crippen LogP contribution < -0.4 is 15.2 Å². The van der Waals surface area contributed by atoms with Gasteiger partial charge in [-0.15, -0.1) is 0 Å². The van der Waals surface area contributed by atoms with E-state index in [9.17, 15) is 9.90 Å².